The van der Waals surface area contributed by atoms with Gasteiger partial charge in [-0.2, -0.15) is 13.2 Å². The minimum absolute atomic E-state index is 0.166. The van der Waals surface area contributed by atoms with Crippen molar-refractivity contribution in [3.63, 3.8) is 0 Å². The van der Waals surface area contributed by atoms with Crippen LogP contribution in [0.4, 0.5) is 18.9 Å². The van der Waals surface area contributed by atoms with Gasteiger partial charge in [0.15, 0.2) is 18.1 Å². The summed E-state index contributed by atoms with van der Waals surface area (Å²) in [6.07, 6.45) is -4.13. The van der Waals surface area contributed by atoms with Crippen molar-refractivity contribution in [2.75, 3.05) is 11.9 Å². The number of hydrogen-bond acceptors (Lipinski definition) is 3. The number of ether oxygens (including phenoxy) is 1. The van der Waals surface area contributed by atoms with Crippen LogP contribution in [0.2, 0.25) is 0 Å². The maximum Gasteiger partial charge on any atom is 0.422 e. The number of hydrogen-bond donors (Lipinski definition) is 2. The lowest BCUT2D eigenvalue weighted by atomic mass is 10.1. The van der Waals surface area contributed by atoms with E-state index in [0.717, 1.165) is 0 Å². The number of aromatic carboxylic acids is 1. The predicted molar refractivity (Wildman–Crippen MR) is 105 cm³/mol. The molecule has 3 aromatic rings. The number of rotatable bonds is 6. The summed E-state index contributed by atoms with van der Waals surface area (Å²) in [6, 6.07) is 11.5. The molecule has 0 aliphatic carbocycles. The van der Waals surface area contributed by atoms with Crippen LogP contribution in [0.1, 0.15) is 33.3 Å². The fraction of sp³-hybridized carbons (Fsp3) is 0.238. The highest BCUT2D eigenvalue weighted by molar-refractivity contribution is 6.07. The maximum atomic E-state index is 12.7. The molecule has 3 rings (SSSR count). The average molecular weight is 420 g/mol. The first-order chi connectivity index (χ1) is 14.1. The van der Waals surface area contributed by atoms with Gasteiger partial charge in [-0.05, 0) is 36.2 Å². The molecule has 1 aromatic heterocycles. The van der Waals surface area contributed by atoms with Crippen molar-refractivity contribution in [2.24, 2.45) is 7.05 Å². The lowest BCUT2D eigenvalue weighted by molar-refractivity contribution is -0.153. The molecule has 1 heterocycles. The van der Waals surface area contributed by atoms with E-state index in [-0.39, 0.29) is 5.39 Å². The second-order valence-corrected chi connectivity index (χ2v) is 6.65. The number of aromatic nitrogens is 1. The van der Waals surface area contributed by atoms with Crippen molar-refractivity contribution in [1.82, 2.24) is 4.57 Å². The predicted octanol–water partition coefficient (Wildman–Crippen LogP) is 4.63. The average Bonchev–Trinajstić information content (AvgIpc) is 2.97. The molecule has 0 aliphatic rings. The fourth-order valence-corrected chi connectivity index (χ4v) is 3.22. The molecule has 2 aromatic carbocycles. The molecule has 30 heavy (non-hydrogen) atoms. The number of carbonyl (C=O) groups is 2. The highest BCUT2D eigenvalue weighted by Gasteiger charge is 2.31. The lowest BCUT2D eigenvalue weighted by Gasteiger charge is -2.12. The van der Waals surface area contributed by atoms with Crippen molar-refractivity contribution in [3.8, 4) is 5.75 Å². The van der Waals surface area contributed by atoms with E-state index in [9.17, 15) is 27.9 Å². The summed E-state index contributed by atoms with van der Waals surface area (Å²) in [4.78, 5) is 24.2. The van der Waals surface area contributed by atoms with Crippen LogP contribution >= 0.6 is 0 Å². The molecular formula is C21H19F3N2O4. The Balaban J connectivity index is 2.12. The van der Waals surface area contributed by atoms with Crippen molar-refractivity contribution >= 4 is 28.5 Å². The van der Waals surface area contributed by atoms with E-state index >= 15 is 0 Å². The number of amides is 1. The Morgan fingerprint density at radius 1 is 1.17 bits per heavy atom. The van der Waals surface area contributed by atoms with Gasteiger partial charge in [-0.15, -0.1) is 0 Å². The molecule has 0 saturated carbocycles. The largest absolute Gasteiger partial charge is 0.481 e. The third-order valence-electron chi connectivity index (χ3n) is 4.63. The Bertz CT molecular complexity index is 1110. The first-order valence-electron chi connectivity index (χ1n) is 9.07. The van der Waals surface area contributed by atoms with E-state index < -0.39 is 36.1 Å². The number of alkyl halides is 3. The second-order valence-electron chi connectivity index (χ2n) is 6.65. The minimum atomic E-state index is -4.63. The zero-order chi connectivity index (χ0) is 22.1. The maximum absolute atomic E-state index is 12.7. The molecule has 0 radical (unpaired) electrons. The molecule has 9 heteroatoms. The van der Waals surface area contributed by atoms with Crippen LogP contribution < -0.4 is 10.1 Å². The van der Waals surface area contributed by atoms with Gasteiger partial charge >= 0.3 is 12.1 Å². The van der Waals surface area contributed by atoms with Gasteiger partial charge in [0.05, 0.1) is 5.52 Å². The number of fused-ring (bicyclic) bond motifs is 1. The summed E-state index contributed by atoms with van der Waals surface area (Å²) >= 11 is 0. The first-order valence-corrected chi connectivity index (χ1v) is 9.07. The third-order valence-corrected chi connectivity index (χ3v) is 4.63. The fourth-order valence-electron chi connectivity index (χ4n) is 3.22. The molecule has 0 saturated heterocycles. The van der Waals surface area contributed by atoms with Crippen molar-refractivity contribution in [2.45, 2.75) is 19.5 Å². The molecule has 1 amide bonds. The summed E-state index contributed by atoms with van der Waals surface area (Å²) in [5.41, 5.74) is 1.47. The molecule has 0 unspecified atom stereocenters. The zero-order valence-corrected chi connectivity index (χ0v) is 16.2. The monoisotopic (exact) mass is 420 g/mol. The van der Waals surface area contributed by atoms with Crippen LogP contribution in [-0.4, -0.2) is 34.3 Å². The highest BCUT2D eigenvalue weighted by Crippen LogP contribution is 2.37. The van der Waals surface area contributed by atoms with Crippen molar-refractivity contribution in [1.29, 1.82) is 0 Å². The van der Waals surface area contributed by atoms with Crippen LogP contribution in [0.25, 0.3) is 10.9 Å². The number of anilines is 1. The summed E-state index contributed by atoms with van der Waals surface area (Å²) in [5, 5.41) is 12.4. The SMILES string of the molecule is CCc1cc2c(cc1NC(=O)c1ccccc1)c(OCC(F)(F)F)c(C(=O)O)n2C. The summed E-state index contributed by atoms with van der Waals surface area (Å²) in [5.74, 6) is -2.20. The zero-order valence-electron chi connectivity index (χ0n) is 16.2. The number of carboxylic acid groups (broad SMARTS) is 1. The number of carbonyl (C=O) groups excluding carboxylic acids is 1. The van der Waals surface area contributed by atoms with Crippen LogP contribution in [0.3, 0.4) is 0 Å². The minimum Gasteiger partial charge on any atom is -0.481 e. The van der Waals surface area contributed by atoms with Gasteiger partial charge in [0.1, 0.15) is 0 Å². The van der Waals surface area contributed by atoms with E-state index in [1.165, 1.54) is 17.7 Å². The standard InChI is InChI=1S/C21H19F3N2O4/c1-3-12-9-16-14(10-15(12)25-19(27)13-7-5-4-6-8-13)18(30-11-21(22,23)24)17(20(28)29)26(16)2/h4-10H,3,11H2,1-2H3,(H,25,27)(H,28,29). The van der Waals surface area contributed by atoms with Crippen LogP contribution in [0.15, 0.2) is 42.5 Å². The molecule has 0 atom stereocenters. The Morgan fingerprint density at radius 2 is 1.83 bits per heavy atom. The third kappa shape index (κ3) is 4.24. The quantitative estimate of drug-likeness (QED) is 0.609. The Morgan fingerprint density at radius 3 is 2.40 bits per heavy atom. The highest BCUT2D eigenvalue weighted by atomic mass is 19.4. The van der Waals surface area contributed by atoms with Crippen molar-refractivity contribution < 1.29 is 32.6 Å². The number of nitrogens with zero attached hydrogens (tertiary/aromatic N) is 1. The number of carboxylic acids is 1. The smallest absolute Gasteiger partial charge is 0.422 e. The lowest BCUT2D eigenvalue weighted by Crippen LogP contribution is -2.20. The van der Waals surface area contributed by atoms with E-state index in [4.69, 9.17) is 4.74 Å². The summed E-state index contributed by atoms with van der Waals surface area (Å²) in [6.45, 7) is 0.217. The van der Waals surface area contributed by atoms with E-state index in [2.05, 4.69) is 5.32 Å². The number of nitrogens with one attached hydrogen (secondary N) is 1. The van der Waals surface area contributed by atoms with E-state index in [1.54, 1.807) is 36.4 Å². The van der Waals surface area contributed by atoms with Gasteiger partial charge in [0.25, 0.3) is 5.91 Å². The van der Waals surface area contributed by atoms with Gasteiger partial charge in [0.2, 0.25) is 0 Å². The van der Waals surface area contributed by atoms with Crippen LogP contribution in [0, 0.1) is 0 Å². The van der Waals surface area contributed by atoms with E-state index in [0.29, 0.717) is 28.8 Å². The van der Waals surface area contributed by atoms with Crippen LogP contribution in [-0.2, 0) is 13.5 Å². The Hall–Kier alpha value is -3.49. The normalized spacial score (nSPS) is 11.5. The van der Waals surface area contributed by atoms with Gasteiger partial charge in [-0.1, -0.05) is 25.1 Å². The molecule has 0 spiro atoms. The Labute approximate surface area is 169 Å². The molecule has 0 aliphatic heterocycles. The summed E-state index contributed by atoms with van der Waals surface area (Å²) < 4.78 is 44.3. The number of benzene rings is 2. The Kier molecular flexibility index (Phi) is 5.73. The molecule has 2 N–H and O–H groups in total. The molecule has 6 nitrogen and oxygen atoms in total. The number of halogens is 3. The van der Waals surface area contributed by atoms with Gasteiger partial charge in [-0.25, -0.2) is 4.79 Å². The van der Waals surface area contributed by atoms with Gasteiger partial charge in [0, 0.05) is 23.7 Å². The van der Waals surface area contributed by atoms with Crippen molar-refractivity contribution in [3.05, 3.63) is 59.3 Å². The molecule has 158 valence electrons. The van der Waals surface area contributed by atoms with E-state index in [1.807, 2.05) is 6.92 Å². The molecule has 0 fully saturated rings. The van der Waals surface area contributed by atoms with Crippen LogP contribution in [0.5, 0.6) is 5.75 Å². The first kappa shape index (κ1) is 21.2. The van der Waals surface area contributed by atoms with Gasteiger partial charge < -0.3 is 19.7 Å². The number of aryl methyl sites for hydroxylation is 2. The molecule has 0 bridgehead atoms. The molecular weight excluding hydrogens is 401 g/mol. The second kappa shape index (κ2) is 8.10. The summed E-state index contributed by atoms with van der Waals surface area (Å²) in [7, 11) is 1.44. The van der Waals surface area contributed by atoms with Gasteiger partial charge in [-0.3, -0.25) is 4.79 Å². The topological polar surface area (TPSA) is 80.6 Å².